The Kier molecular flexibility index (Phi) is 6.98. The van der Waals surface area contributed by atoms with Crippen LogP contribution < -0.4 is 0 Å². The van der Waals surface area contributed by atoms with Crippen molar-refractivity contribution in [1.29, 1.82) is 0 Å². The predicted molar refractivity (Wildman–Crippen MR) is 111 cm³/mol. The summed E-state index contributed by atoms with van der Waals surface area (Å²) >= 11 is 0. The number of hydrogen-bond acceptors (Lipinski definition) is 6. The summed E-state index contributed by atoms with van der Waals surface area (Å²) in [6.07, 6.45) is 3.91. The Morgan fingerprint density at radius 3 is 2.14 bits per heavy atom. The highest BCUT2D eigenvalue weighted by Crippen LogP contribution is 2.25. The molecule has 0 bridgehead atoms. The van der Waals surface area contributed by atoms with E-state index in [0.717, 1.165) is 19.3 Å². The molecule has 0 radical (unpaired) electrons. The van der Waals surface area contributed by atoms with Gasteiger partial charge in [-0.25, -0.2) is 16.8 Å². The first-order valence-corrected chi connectivity index (χ1v) is 13.5. The molecule has 2 aliphatic heterocycles. The molecule has 1 amide bonds. The van der Waals surface area contributed by atoms with Crippen LogP contribution in [0.15, 0.2) is 29.2 Å². The molecule has 0 aliphatic carbocycles. The van der Waals surface area contributed by atoms with Gasteiger partial charge in [0.1, 0.15) is 9.84 Å². The fourth-order valence-electron chi connectivity index (χ4n) is 3.75. The highest BCUT2D eigenvalue weighted by molar-refractivity contribution is 7.90. The molecule has 0 N–H and O–H groups in total. The van der Waals surface area contributed by atoms with Gasteiger partial charge in [-0.1, -0.05) is 18.6 Å². The topological polar surface area (TPSA) is 95.1 Å². The molecule has 29 heavy (non-hydrogen) atoms. The Labute approximate surface area is 173 Å². The SMILES string of the molecule is CS(=O)(=O)CCN1CCN(C(=O)c2ccccc2S(=O)(=O)N2CCCCC2)CC1. The molecule has 2 fully saturated rings. The van der Waals surface area contributed by atoms with Crippen molar-refractivity contribution in [1.82, 2.24) is 14.1 Å². The summed E-state index contributed by atoms with van der Waals surface area (Å²) in [4.78, 5) is 16.8. The molecule has 3 rings (SSSR count). The maximum Gasteiger partial charge on any atom is 0.255 e. The van der Waals surface area contributed by atoms with E-state index in [1.807, 2.05) is 4.90 Å². The largest absolute Gasteiger partial charge is 0.336 e. The Morgan fingerprint density at radius 2 is 1.52 bits per heavy atom. The van der Waals surface area contributed by atoms with E-state index in [2.05, 4.69) is 0 Å². The minimum absolute atomic E-state index is 0.0754. The molecule has 0 atom stereocenters. The van der Waals surface area contributed by atoms with Gasteiger partial charge >= 0.3 is 0 Å². The molecule has 0 saturated carbocycles. The van der Waals surface area contributed by atoms with Crippen LogP contribution in [0.5, 0.6) is 0 Å². The Hall–Kier alpha value is -1.49. The normalized spacial score (nSPS) is 20.0. The molecular weight excluding hydrogens is 414 g/mol. The van der Waals surface area contributed by atoms with E-state index in [9.17, 15) is 21.6 Å². The number of rotatable bonds is 6. The lowest BCUT2D eigenvalue weighted by Gasteiger charge is -2.35. The summed E-state index contributed by atoms with van der Waals surface area (Å²) in [5.41, 5.74) is 0.211. The molecule has 2 saturated heterocycles. The number of benzene rings is 1. The van der Waals surface area contributed by atoms with Gasteiger partial charge in [-0.15, -0.1) is 0 Å². The van der Waals surface area contributed by atoms with Gasteiger partial charge in [0, 0.05) is 52.1 Å². The van der Waals surface area contributed by atoms with Crippen LogP contribution >= 0.6 is 0 Å². The minimum atomic E-state index is -3.70. The van der Waals surface area contributed by atoms with Crippen molar-refractivity contribution in [2.75, 3.05) is 57.8 Å². The predicted octanol–water partition coefficient (Wildman–Crippen LogP) is 0.664. The maximum atomic E-state index is 13.1. The molecule has 162 valence electrons. The zero-order valence-electron chi connectivity index (χ0n) is 16.8. The van der Waals surface area contributed by atoms with Gasteiger partial charge in [0.05, 0.1) is 16.2 Å². The third-order valence-corrected chi connectivity index (χ3v) is 8.37. The number of hydrogen-bond donors (Lipinski definition) is 0. The van der Waals surface area contributed by atoms with E-state index < -0.39 is 19.9 Å². The molecule has 10 heteroatoms. The summed E-state index contributed by atoms with van der Waals surface area (Å²) in [6.45, 7) is 3.46. The molecule has 1 aromatic carbocycles. The average molecular weight is 444 g/mol. The molecule has 0 unspecified atom stereocenters. The van der Waals surface area contributed by atoms with Gasteiger partial charge in [-0.2, -0.15) is 4.31 Å². The summed E-state index contributed by atoms with van der Waals surface area (Å²) in [5.74, 6) is -0.193. The van der Waals surface area contributed by atoms with Gasteiger partial charge in [0.25, 0.3) is 5.91 Å². The fourth-order valence-corrected chi connectivity index (χ4v) is 6.04. The first-order chi connectivity index (χ1) is 13.7. The van der Waals surface area contributed by atoms with Crippen LogP contribution in [0, 0.1) is 0 Å². The zero-order valence-corrected chi connectivity index (χ0v) is 18.4. The lowest BCUT2D eigenvalue weighted by molar-refractivity contribution is 0.0640. The molecule has 1 aromatic rings. The number of nitrogens with zero attached hydrogens (tertiary/aromatic N) is 3. The average Bonchev–Trinajstić information content (AvgIpc) is 2.72. The number of sulfone groups is 1. The van der Waals surface area contributed by atoms with Crippen molar-refractivity contribution in [3.8, 4) is 0 Å². The van der Waals surface area contributed by atoms with E-state index in [-0.39, 0.29) is 22.1 Å². The van der Waals surface area contributed by atoms with Crippen LogP contribution in [0.4, 0.5) is 0 Å². The second-order valence-electron chi connectivity index (χ2n) is 7.72. The van der Waals surface area contributed by atoms with Gasteiger partial charge in [-0.05, 0) is 25.0 Å². The van der Waals surface area contributed by atoms with E-state index in [1.165, 1.54) is 16.6 Å². The van der Waals surface area contributed by atoms with Gasteiger partial charge in [0.2, 0.25) is 10.0 Å². The number of carbonyl (C=O) groups is 1. The number of piperazine rings is 1. The van der Waals surface area contributed by atoms with Crippen molar-refractivity contribution < 1.29 is 21.6 Å². The second-order valence-corrected chi connectivity index (χ2v) is 11.9. The number of amides is 1. The maximum absolute atomic E-state index is 13.1. The van der Waals surface area contributed by atoms with E-state index in [1.54, 1.807) is 23.1 Å². The Balaban J connectivity index is 1.71. The molecule has 8 nitrogen and oxygen atoms in total. The molecule has 2 aliphatic rings. The van der Waals surface area contributed by atoms with Crippen LogP contribution in [0.3, 0.4) is 0 Å². The van der Waals surface area contributed by atoms with Crippen LogP contribution in [0.2, 0.25) is 0 Å². The van der Waals surface area contributed by atoms with E-state index in [4.69, 9.17) is 0 Å². The lowest BCUT2D eigenvalue weighted by Crippen LogP contribution is -2.50. The van der Waals surface area contributed by atoms with Crippen molar-refractivity contribution in [3.63, 3.8) is 0 Å². The van der Waals surface area contributed by atoms with Crippen molar-refractivity contribution in [3.05, 3.63) is 29.8 Å². The number of piperidine rings is 1. The Bertz CT molecular complexity index is 932. The van der Waals surface area contributed by atoms with E-state index in [0.29, 0.717) is 45.8 Å². The summed E-state index contributed by atoms with van der Waals surface area (Å²) in [6, 6.07) is 6.43. The summed E-state index contributed by atoms with van der Waals surface area (Å²) in [5, 5.41) is 0. The molecule has 2 heterocycles. The third-order valence-electron chi connectivity index (χ3n) is 5.49. The number of carbonyl (C=O) groups excluding carboxylic acids is 1. The van der Waals surface area contributed by atoms with Crippen LogP contribution in [-0.2, 0) is 19.9 Å². The fraction of sp³-hybridized carbons (Fsp3) is 0.632. The van der Waals surface area contributed by atoms with Crippen LogP contribution in [0.1, 0.15) is 29.6 Å². The minimum Gasteiger partial charge on any atom is -0.336 e. The van der Waals surface area contributed by atoms with Crippen molar-refractivity contribution >= 4 is 25.8 Å². The highest BCUT2D eigenvalue weighted by Gasteiger charge is 2.32. The third kappa shape index (κ3) is 5.56. The van der Waals surface area contributed by atoms with Gasteiger partial charge in [-0.3, -0.25) is 9.69 Å². The molecule has 0 spiro atoms. The smallest absolute Gasteiger partial charge is 0.255 e. The van der Waals surface area contributed by atoms with Crippen molar-refractivity contribution in [2.45, 2.75) is 24.2 Å². The summed E-state index contributed by atoms with van der Waals surface area (Å²) in [7, 11) is -6.73. The number of sulfonamides is 1. The monoisotopic (exact) mass is 443 g/mol. The second kappa shape index (κ2) is 9.11. The van der Waals surface area contributed by atoms with Crippen molar-refractivity contribution in [2.24, 2.45) is 0 Å². The van der Waals surface area contributed by atoms with E-state index >= 15 is 0 Å². The molecular formula is C19H29N3O5S2. The first kappa shape index (κ1) is 22.2. The molecule has 0 aromatic heterocycles. The zero-order chi connectivity index (χ0) is 21.1. The quantitative estimate of drug-likeness (QED) is 0.641. The highest BCUT2D eigenvalue weighted by atomic mass is 32.2. The van der Waals surface area contributed by atoms with Crippen LogP contribution in [0.25, 0.3) is 0 Å². The first-order valence-electron chi connectivity index (χ1n) is 9.97. The Morgan fingerprint density at radius 1 is 0.897 bits per heavy atom. The standard InChI is InChI=1S/C19H29N3O5S2/c1-28(24,25)16-15-20-11-13-21(14-12-20)19(23)17-7-3-4-8-18(17)29(26,27)22-9-5-2-6-10-22/h3-4,7-8H,2,5-6,9-16H2,1H3. The lowest BCUT2D eigenvalue weighted by atomic mass is 10.2. The summed E-state index contributed by atoms with van der Waals surface area (Å²) < 4.78 is 50.4. The van der Waals surface area contributed by atoms with Gasteiger partial charge < -0.3 is 4.90 Å². The van der Waals surface area contributed by atoms with Crippen LogP contribution in [-0.4, -0.2) is 94.7 Å². The van der Waals surface area contributed by atoms with Gasteiger partial charge in [0.15, 0.2) is 0 Å².